The van der Waals surface area contributed by atoms with Crippen molar-refractivity contribution in [2.45, 2.75) is 19.9 Å². The Morgan fingerprint density at radius 1 is 0.926 bits per heavy atom. The van der Waals surface area contributed by atoms with Crippen LogP contribution < -0.4 is 4.90 Å². The molecule has 0 spiro atoms. The van der Waals surface area contributed by atoms with Gasteiger partial charge in [-0.25, -0.2) is 0 Å². The highest BCUT2D eigenvalue weighted by molar-refractivity contribution is 5.97. The van der Waals surface area contributed by atoms with Gasteiger partial charge in [-0.3, -0.25) is 14.5 Å². The van der Waals surface area contributed by atoms with Crippen LogP contribution >= 0.6 is 0 Å². The number of benzene rings is 2. The molecule has 1 aliphatic rings. The molecule has 1 saturated heterocycles. The summed E-state index contributed by atoms with van der Waals surface area (Å²) in [6.45, 7) is 7.29. The van der Waals surface area contributed by atoms with Gasteiger partial charge in [-0.1, -0.05) is 36.4 Å². The summed E-state index contributed by atoms with van der Waals surface area (Å²) in [5, 5.41) is 0. The fourth-order valence-electron chi connectivity index (χ4n) is 3.53. The molecule has 0 bridgehead atoms. The van der Waals surface area contributed by atoms with Crippen molar-refractivity contribution in [2.75, 3.05) is 37.6 Å². The standard InChI is InChI=1S/C22H27N3O2/c1-3-25(20-12-8-5-9-13-20)21(26)18(2)23-14-16-24(17-15-23)22(27)19-10-6-4-7-11-19/h4-13,18H,3,14-17H2,1-2H3/t18-/m1/s1. The number of nitrogens with zero attached hydrogens (tertiary/aromatic N) is 3. The maximum Gasteiger partial charge on any atom is 0.253 e. The van der Waals surface area contributed by atoms with E-state index in [9.17, 15) is 9.59 Å². The van der Waals surface area contributed by atoms with Crippen LogP contribution in [0, 0.1) is 0 Å². The lowest BCUT2D eigenvalue weighted by atomic mass is 10.1. The summed E-state index contributed by atoms with van der Waals surface area (Å²) < 4.78 is 0. The van der Waals surface area contributed by atoms with Crippen LogP contribution in [0.4, 0.5) is 5.69 Å². The molecule has 142 valence electrons. The quantitative estimate of drug-likeness (QED) is 0.818. The third-order valence-electron chi connectivity index (χ3n) is 5.18. The average molecular weight is 365 g/mol. The van der Waals surface area contributed by atoms with E-state index in [0.717, 1.165) is 11.3 Å². The lowest BCUT2D eigenvalue weighted by molar-refractivity contribution is -0.123. The molecule has 2 amide bonds. The van der Waals surface area contributed by atoms with Crippen LogP contribution in [0.5, 0.6) is 0 Å². The largest absolute Gasteiger partial charge is 0.336 e. The van der Waals surface area contributed by atoms with Gasteiger partial charge in [0.2, 0.25) is 5.91 Å². The second kappa shape index (κ2) is 8.82. The number of likely N-dealkylation sites (N-methyl/N-ethyl adjacent to an activating group) is 1. The Balaban J connectivity index is 1.60. The lowest BCUT2D eigenvalue weighted by Gasteiger charge is -2.39. The van der Waals surface area contributed by atoms with E-state index in [4.69, 9.17) is 0 Å². The van der Waals surface area contributed by atoms with E-state index < -0.39 is 0 Å². The molecular formula is C22H27N3O2. The molecule has 1 atom stereocenters. The van der Waals surface area contributed by atoms with E-state index >= 15 is 0 Å². The van der Waals surface area contributed by atoms with E-state index in [2.05, 4.69) is 4.90 Å². The Kier molecular flexibility index (Phi) is 6.24. The van der Waals surface area contributed by atoms with Gasteiger partial charge in [0.1, 0.15) is 0 Å². The van der Waals surface area contributed by atoms with Crippen LogP contribution in [0.1, 0.15) is 24.2 Å². The third kappa shape index (κ3) is 4.37. The van der Waals surface area contributed by atoms with Gasteiger partial charge in [-0.05, 0) is 38.1 Å². The van der Waals surface area contributed by atoms with Crippen molar-refractivity contribution in [3.8, 4) is 0 Å². The number of carbonyl (C=O) groups is 2. The Bertz CT molecular complexity index is 756. The minimum atomic E-state index is -0.209. The molecule has 2 aromatic carbocycles. The first-order valence-corrected chi connectivity index (χ1v) is 9.56. The van der Waals surface area contributed by atoms with Crippen molar-refractivity contribution in [2.24, 2.45) is 0 Å². The number of hydrogen-bond donors (Lipinski definition) is 0. The first kappa shape index (κ1) is 19.1. The van der Waals surface area contributed by atoms with E-state index in [-0.39, 0.29) is 17.9 Å². The topological polar surface area (TPSA) is 43.9 Å². The second-order valence-corrected chi connectivity index (χ2v) is 6.79. The highest BCUT2D eigenvalue weighted by atomic mass is 16.2. The number of anilines is 1. The van der Waals surface area contributed by atoms with Crippen LogP contribution in [0.25, 0.3) is 0 Å². The Labute approximate surface area is 161 Å². The van der Waals surface area contributed by atoms with Crippen LogP contribution in [-0.4, -0.2) is 60.4 Å². The van der Waals surface area contributed by atoms with Gasteiger partial charge in [0.05, 0.1) is 6.04 Å². The lowest BCUT2D eigenvalue weighted by Crippen LogP contribution is -2.55. The Hall–Kier alpha value is -2.66. The van der Waals surface area contributed by atoms with Crippen LogP contribution in [-0.2, 0) is 4.79 Å². The van der Waals surface area contributed by atoms with Gasteiger partial charge in [0.25, 0.3) is 5.91 Å². The van der Waals surface area contributed by atoms with Gasteiger partial charge in [0.15, 0.2) is 0 Å². The number of para-hydroxylation sites is 1. The van der Waals surface area contributed by atoms with E-state index in [1.807, 2.05) is 84.3 Å². The summed E-state index contributed by atoms with van der Waals surface area (Å²) in [6, 6.07) is 18.9. The Morgan fingerprint density at radius 2 is 1.48 bits per heavy atom. The average Bonchev–Trinajstić information content (AvgIpc) is 2.74. The van der Waals surface area contributed by atoms with Crippen molar-refractivity contribution < 1.29 is 9.59 Å². The predicted molar refractivity (Wildman–Crippen MR) is 108 cm³/mol. The molecule has 0 radical (unpaired) electrons. The number of amides is 2. The maximum absolute atomic E-state index is 13.0. The number of rotatable bonds is 5. The molecular weight excluding hydrogens is 338 g/mol. The number of hydrogen-bond acceptors (Lipinski definition) is 3. The van der Waals surface area contributed by atoms with E-state index in [1.54, 1.807) is 0 Å². The SMILES string of the molecule is CCN(C(=O)[C@@H](C)N1CCN(C(=O)c2ccccc2)CC1)c1ccccc1. The van der Waals surface area contributed by atoms with Crippen molar-refractivity contribution >= 4 is 17.5 Å². The molecule has 0 aliphatic carbocycles. The normalized spacial score (nSPS) is 16.0. The molecule has 2 aromatic rings. The zero-order valence-electron chi connectivity index (χ0n) is 16.0. The highest BCUT2D eigenvalue weighted by Crippen LogP contribution is 2.17. The van der Waals surface area contributed by atoms with Gasteiger partial charge in [-0.15, -0.1) is 0 Å². The second-order valence-electron chi connectivity index (χ2n) is 6.79. The molecule has 3 rings (SSSR count). The number of carbonyl (C=O) groups excluding carboxylic acids is 2. The summed E-state index contributed by atoms with van der Waals surface area (Å²) in [5.74, 6) is 0.167. The summed E-state index contributed by atoms with van der Waals surface area (Å²) >= 11 is 0. The molecule has 1 fully saturated rings. The maximum atomic E-state index is 13.0. The Morgan fingerprint density at radius 3 is 2.04 bits per heavy atom. The molecule has 5 heteroatoms. The smallest absolute Gasteiger partial charge is 0.253 e. The summed E-state index contributed by atoms with van der Waals surface area (Å²) in [7, 11) is 0. The predicted octanol–water partition coefficient (Wildman–Crippen LogP) is 2.89. The van der Waals surface area contributed by atoms with E-state index in [1.165, 1.54) is 0 Å². The molecule has 5 nitrogen and oxygen atoms in total. The molecule has 27 heavy (non-hydrogen) atoms. The highest BCUT2D eigenvalue weighted by Gasteiger charge is 2.30. The third-order valence-corrected chi connectivity index (χ3v) is 5.18. The number of piperazine rings is 1. The molecule has 1 heterocycles. The molecule has 0 saturated carbocycles. The van der Waals surface area contributed by atoms with Crippen LogP contribution in [0.3, 0.4) is 0 Å². The zero-order chi connectivity index (χ0) is 19.2. The monoisotopic (exact) mass is 365 g/mol. The summed E-state index contributed by atoms with van der Waals surface area (Å²) in [6.07, 6.45) is 0. The summed E-state index contributed by atoms with van der Waals surface area (Å²) in [5.41, 5.74) is 1.64. The van der Waals surface area contributed by atoms with Gasteiger partial charge < -0.3 is 9.80 Å². The van der Waals surface area contributed by atoms with Gasteiger partial charge in [0, 0.05) is 44.0 Å². The minimum Gasteiger partial charge on any atom is -0.336 e. The van der Waals surface area contributed by atoms with Crippen LogP contribution in [0.2, 0.25) is 0 Å². The molecule has 0 aromatic heterocycles. The van der Waals surface area contributed by atoms with Crippen LogP contribution in [0.15, 0.2) is 60.7 Å². The minimum absolute atomic E-state index is 0.0636. The molecule has 0 unspecified atom stereocenters. The van der Waals surface area contributed by atoms with Crippen molar-refractivity contribution in [3.63, 3.8) is 0 Å². The first-order chi connectivity index (χ1) is 13.1. The molecule has 1 aliphatic heterocycles. The fraction of sp³-hybridized carbons (Fsp3) is 0.364. The van der Waals surface area contributed by atoms with Gasteiger partial charge in [-0.2, -0.15) is 0 Å². The fourth-order valence-corrected chi connectivity index (χ4v) is 3.53. The first-order valence-electron chi connectivity index (χ1n) is 9.56. The van der Waals surface area contributed by atoms with Gasteiger partial charge >= 0.3 is 0 Å². The van der Waals surface area contributed by atoms with Crippen molar-refractivity contribution in [1.29, 1.82) is 0 Å². The molecule has 0 N–H and O–H groups in total. The van der Waals surface area contributed by atoms with Crippen molar-refractivity contribution in [3.05, 3.63) is 66.2 Å². The summed E-state index contributed by atoms with van der Waals surface area (Å²) in [4.78, 5) is 31.5. The van der Waals surface area contributed by atoms with E-state index in [0.29, 0.717) is 32.7 Å². The zero-order valence-corrected chi connectivity index (χ0v) is 16.0. The van der Waals surface area contributed by atoms with Crippen molar-refractivity contribution in [1.82, 2.24) is 9.80 Å².